The summed E-state index contributed by atoms with van der Waals surface area (Å²) >= 11 is 5.76. The maximum Gasteiger partial charge on any atom is 0.155 e. The van der Waals surface area contributed by atoms with Crippen molar-refractivity contribution in [1.29, 1.82) is 0 Å². The smallest absolute Gasteiger partial charge is 0.155 e. The van der Waals surface area contributed by atoms with E-state index in [9.17, 15) is 4.39 Å². The van der Waals surface area contributed by atoms with Crippen LogP contribution in [0.15, 0.2) is 22.6 Å². The number of hydrogen-bond acceptors (Lipinski definition) is 2. The molecule has 1 aromatic carbocycles. The first-order valence-electron chi connectivity index (χ1n) is 3.69. The number of aliphatic hydroxyl groups excluding tert-OH is 1. The molecule has 0 unspecified atom stereocenters. The molecule has 0 aliphatic carbocycles. The zero-order valence-electron chi connectivity index (χ0n) is 6.55. The van der Waals surface area contributed by atoms with Gasteiger partial charge >= 0.3 is 0 Å². The summed E-state index contributed by atoms with van der Waals surface area (Å²) in [7, 11) is 0. The number of benzene rings is 1. The van der Waals surface area contributed by atoms with Gasteiger partial charge in [-0.3, -0.25) is 0 Å². The highest BCUT2D eigenvalue weighted by Crippen LogP contribution is 2.28. The van der Waals surface area contributed by atoms with E-state index in [4.69, 9.17) is 21.1 Å². The van der Waals surface area contributed by atoms with Crippen LogP contribution in [-0.4, -0.2) is 5.11 Å². The topological polar surface area (TPSA) is 33.4 Å². The summed E-state index contributed by atoms with van der Waals surface area (Å²) in [5.41, 5.74) is 0.283. The van der Waals surface area contributed by atoms with Gasteiger partial charge in [-0.15, -0.1) is 0 Å². The van der Waals surface area contributed by atoms with Crippen LogP contribution in [0.3, 0.4) is 0 Å². The Morgan fingerprint density at radius 2 is 2.23 bits per heavy atom. The summed E-state index contributed by atoms with van der Waals surface area (Å²) < 4.78 is 18.2. The number of furan rings is 1. The lowest BCUT2D eigenvalue weighted by Crippen LogP contribution is -1.74. The third kappa shape index (κ3) is 1.30. The fourth-order valence-corrected chi connectivity index (χ4v) is 1.39. The highest BCUT2D eigenvalue weighted by atomic mass is 35.5. The van der Waals surface area contributed by atoms with Crippen LogP contribution in [0.5, 0.6) is 0 Å². The highest BCUT2D eigenvalue weighted by Gasteiger charge is 2.10. The molecule has 0 bridgehead atoms. The fraction of sp³-hybridized carbons (Fsp3) is 0.111. The summed E-state index contributed by atoms with van der Waals surface area (Å²) in [4.78, 5) is 0. The van der Waals surface area contributed by atoms with Crippen molar-refractivity contribution in [2.45, 2.75) is 6.61 Å². The molecule has 0 fully saturated rings. The minimum Gasteiger partial charge on any atom is -0.457 e. The van der Waals surface area contributed by atoms with E-state index in [1.165, 1.54) is 18.2 Å². The molecule has 0 spiro atoms. The summed E-state index contributed by atoms with van der Waals surface area (Å²) in [5, 5.41) is 9.41. The minimum atomic E-state index is -0.400. The average molecular weight is 201 g/mol. The summed E-state index contributed by atoms with van der Waals surface area (Å²) in [5.74, 6) is -0.0927. The van der Waals surface area contributed by atoms with Crippen molar-refractivity contribution < 1.29 is 13.9 Å². The van der Waals surface area contributed by atoms with E-state index >= 15 is 0 Å². The standard InChI is InChI=1S/C9H6ClFO2/c10-7-1-2-8(11)6-3-5(4-12)13-9(6)7/h1-3,12H,4H2. The first-order valence-corrected chi connectivity index (χ1v) is 4.07. The van der Waals surface area contributed by atoms with Crippen molar-refractivity contribution in [3.63, 3.8) is 0 Å². The molecule has 68 valence electrons. The molecular formula is C9H6ClFO2. The summed E-state index contributed by atoms with van der Waals surface area (Å²) in [6.45, 7) is -0.259. The van der Waals surface area contributed by atoms with Gasteiger partial charge in [-0.1, -0.05) is 11.6 Å². The van der Waals surface area contributed by atoms with Gasteiger partial charge in [0.1, 0.15) is 18.2 Å². The van der Waals surface area contributed by atoms with Gasteiger partial charge in [-0.05, 0) is 18.2 Å². The maximum atomic E-state index is 13.1. The first-order chi connectivity index (χ1) is 6.22. The molecule has 0 amide bonds. The van der Waals surface area contributed by atoms with Crippen LogP contribution in [0, 0.1) is 5.82 Å². The van der Waals surface area contributed by atoms with Crippen molar-refractivity contribution in [1.82, 2.24) is 0 Å². The van der Waals surface area contributed by atoms with Crippen LogP contribution in [0.1, 0.15) is 5.76 Å². The minimum absolute atomic E-state index is 0.259. The summed E-state index contributed by atoms with van der Waals surface area (Å²) in [6, 6.07) is 4.13. The van der Waals surface area contributed by atoms with Crippen LogP contribution < -0.4 is 0 Å². The van der Waals surface area contributed by atoms with Gasteiger partial charge in [-0.2, -0.15) is 0 Å². The number of aliphatic hydroxyl groups is 1. The van der Waals surface area contributed by atoms with Gasteiger partial charge in [-0.25, -0.2) is 4.39 Å². The highest BCUT2D eigenvalue weighted by molar-refractivity contribution is 6.34. The van der Waals surface area contributed by atoms with E-state index < -0.39 is 5.82 Å². The van der Waals surface area contributed by atoms with Crippen molar-refractivity contribution in [3.8, 4) is 0 Å². The third-order valence-corrected chi connectivity index (χ3v) is 2.09. The van der Waals surface area contributed by atoms with Crippen LogP contribution in [-0.2, 0) is 6.61 Å². The Bertz CT molecular complexity index is 411. The molecular weight excluding hydrogens is 195 g/mol. The van der Waals surface area contributed by atoms with Crippen molar-refractivity contribution in [3.05, 3.63) is 34.8 Å². The molecule has 2 rings (SSSR count). The van der Waals surface area contributed by atoms with Crippen molar-refractivity contribution >= 4 is 22.6 Å². The van der Waals surface area contributed by atoms with E-state index in [1.807, 2.05) is 0 Å². The summed E-state index contributed by atoms with van der Waals surface area (Å²) in [6.07, 6.45) is 0. The fourth-order valence-electron chi connectivity index (χ4n) is 1.19. The number of hydrogen-bond donors (Lipinski definition) is 1. The Labute approximate surface area is 78.5 Å². The van der Waals surface area contributed by atoms with Gasteiger partial charge < -0.3 is 9.52 Å². The quantitative estimate of drug-likeness (QED) is 0.768. The second-order valence-electron chi connectivity index (χ2n) is 2.64. The van der Waals surface area contributed by atoms with Gasteiger partial charge in [0.05, 0.1) is 10.4 Å². The molecule has 2 nitrogen and oxygen atoms in total. The lowest BCUT2D eigenvalue weighted by Gasteiger charge is -1.92. The molecule has 0 saturated heterocycles. The van der Waals surface area contributed by atoms with Gasteiger partial charge in [0.25, 0.3) is 0 Å². The molecule has 1 N–H and O–H groups in total. The molecule has 0 radical (unpaired) electrons. The molecule has 0 saturated carbocycles. The van der Waals surface area contributed by atoms with Crippen LogP contribution >= 0.6 is 11.6 Å². The second kappa shape index (κ2) is 3.01. The molecule has 13 heavy (non-hydrogen) atoms. The third-order valence-electron chi connectivity index (χ3n) is 1.79. The zero-order valence-corrected chi connectivity index (χ0v) is 7.31. The molecule has 2 aromatic rings. The van der Waals surface area contributed by atoms with E-state index in [0.29, 0.717) is 16.2 Å². The Kier molecular flexibility index (Phi) is 1.98. The number of halogens is 2. The van der Waals surface area contributed by atoms with Crippen LogP contribution in [0.4, 0.5) is 4.39 Å². The van der Waals surface area contributed by atoms with E-state index in [-0.39, 0.29) is 12.2 Å². The maximum absolute atomic E-state index is 13.1. The Hall–Kier alpha value is -1.06. The van der Waals surface area contributed by atoms with Crippen LogP contribution in [0.25, 0.3) is 11.0 Å². The van der Waals surface area contributed by atoms with Gasteiger partial charge in [0.15, 0.2) is 5.58 Å². The first kappa shape index (κ1) is 8.53. The van der Waals surface area contributed by atoms with Gasteiger partial charge in [0, 0.05) is 0 Å². The Morgan fingerprint density at radius 3 is 2.85 bits per heavy atom. The monoisotopic (exact) mass is 200 g/mol. The van der Waals surface area contributed by atoms with Crippen LogP contribution in [0.2, 0.25) is 5.02 Å². The second-order valence-corrected chi connectivity index (χ2v) is 3.05. The predicted molar refractivity (Wildman–Crippen MR) is 47.1 cm³/mol. The Morgan fingerprint density at radius 1 is 1.46 bits per heavy atom. The molecule has 4 heteroatoms. The lowest BCUT2D eigenvalue weighted by molar-refractivity contribution is 0.251. The van der Waals surface area contributed by atoms with Gasteiger partial charge in [0.2, 0.25) is 0 Å². The van der Waals surface area contributed by atoms with Crippen molar-refractivity contribution in [2.75, 3.05) is 0 Å². The lowest BCUT2D eigenvalue weighted by atomic mass is 10.2. The molecule has 0 aliphatic heterocycles. The molecule has 1 aromatic heterocycles. The zero-order chi connectivity index (χ0) is 9.42. The normalized spacial score (nSPS) is 11.0. The number of fused-ring (bicyclic) bond motifs is 1. The molecule has 0 atom stereocenters. The SMILES string of the molecule is OCc1cc2c(F)ccc(Cl)c2o1. The molecule has 0 aliphatic rings. The molecule has 1 heterocycles. The average Bonchev–Trinajstić information content (AvgIpc) is 2.56. The van der Waals surface area contributed by atoms with E-state index in [2.05, 4.69) is 0 Å². The van der Waals surface area contributed by atoms with E-state index in [0.717, 1.165) is 0 Å². The largest absolute Gasteiger partial charge is 0.457 e. The van der Waals surface area contributed by atoms with E-state index in [1.54, 1.807) is 0 Å². The van der Waals surface area contributed by atoms with Crippen molar-refractivity contribution in [2.24, 2.45) is 0 Å². The Balaban J connectivity index is 2.80. The predicted octanol–water partition coefficient (Wildman–Crippen LogP) is 2.72. The number of rotatable bonds is 1.